The van der Waals surface area contributed by atoms with E-state index in [9.17, 15) is 4.79 Å². The molecule has 2 N–H and O–H groups in total. The van der Waals surface area contributed by atoms with Gasteiger partial charge in [0, 0.05) is 12.1 Å². The molecule has 0 spiro atoms. The molecule has 0 heterocycles. The van der Waals surface area contributed by atoms with Crippen molar-refractivity contribution in [3.8, 4) is 5.75 Å². The van der Waals surface area contributed by atoms with Gasteiger partial charge in [-0.1, -0.05) is 6.07 Å². The summed E-state index contributed by atoms with van der Waals surface area (Å²) in [6, 6.07) is 5.47. The molecule has 0 aliphatic carbocycles. The van der Waals surface area contributed by atoms with Crippen LogP contribution in [0, 0.1) is 6.92 Å². The van der Waals surface area contributed by atoms with Gasteiger partial charge in [-0.05, 0) is 44.6 Å². The van der Waals surface area contributed by atoms with Gasteiger partial charge < -0.3 is 15.4 Å². The molecule has 5 heteroatoms. The molecule has 0 atom stereocenters. The Kier molecular flexibility index (Phi) is 8.16. The molecule has 0 aliphatic rings. The van der Waals surface area contributed by atoms with Crippen molar-refractivity contribution < 1.29 is 9.53 Å². The van der Waals surface area contributed by atoms with Crippen molar-refractivity contribution in [2.45, 2.75) is 13.3 Å². The summed E-state index contributed by atoms with van der Waals surface area (Å²) in [5.74, 6) is 0.687. The first-order chi connectivity index (χ1) is 8.19. The van der Waals surface area contributed by atoms with Crippen LogP contribution in [0.4, 0.5) is 0 Å². The molecule has 0 bridgehead atoms. The number of methoxy groups -OCH3 is 1. The van der Waals surface area contributed by atoms with Crippen molar-refractivity contribution in [1.29, 1.82) is 0 Å². The minimum absolute atomic E-state index is 0. The Bertz CT molecular complexity index is 383. The summed E-state index contributed by atoms with van der Waals surface area (Å²) in [6.07, 6.45) is 0.922. The first kappa shape index (κ1) is 16.7. The second-order valence-corrected chi connectivity index (χ2v) is 3.90. The largest absolute Gasteiger partial charge is 0.496 e. The van der Waals surface area contributed by atoms with Crippen LogP contribution in [0.5, 0.6) is 5.75 Å². The molecule has 0 saturated carbocycles. The molecule has 1 aromatic rings. The van der Waals surface area contributed by atoms with E-state index in [1.807, 2.05) is 26.1 Å². The van der Waals surface area contributed by atoms with E-state index in [1.165, 1.54) is 0 Å². The fourth-order valence-electron chi connectivity index (χ4n) is 1.53. The highest BCUT2D eigenvalue weighted by atomic mass is 35.5. The quantitative estimate of drug-likeness (QED) is 0.776. The predicted molar refractivity (Wildman–Crippen MR) is 75.9 cm³/mol. The number of nitrogens with one attached hydrogen (secondary N) is 2. The summed E-state index contributed by atoms with van der Waals surface area (Å²) in [4.78, 5) is 11.8. The first-order valence-electron chi connectivity index (χ1n) is 5.76. The van der Waals surface area contributed by atoms with Crippen molar-refractivity contribution in [2.24, 2.45) is 0 Å². The Morgan fingerprint density at radius 2 is 2.06 bits per heavy atom. The van der Waals surface area contributed by atoms with E-state index in [0.717, 1.165) is 24.3 Å². The lowest BCUT2D eigenvalue weighted by molar-refractivity contribution is 0.0953. The normalized spacial score (nSPS) is 9.50. The number of benzene rings is 1. The van der Waals surface area contributed by atoms with Crippen LogP contribution in [0.15, 0.2) is 18.2 Å². The van der Waals surface area contributed by atoms with Gasteiger partial charge in [0.1, 0.15) is 5.75 Å². The summed E-state index contributed by atoms with van der Waals surface area (Å²) in [7, 11) is 3.50. The minimum Gasteiger partial charge on any atom is -0.496 e. The zero-order chi connectivity index (χ0) is 12.7. The maximum Gasteiger partial charge on any atom is 0.251 e. The van der Waals surface area contributed by atoms with Crippen molar-refractivity contribution in [3.63, 3.8) is 0 Å². The molecular weight excluding hydrogens is 252 g/mol. The average molecular weight is 273 g/mol. The van der Waals surface area contributed by atoms with Crippen LogP contribution in [-0.4, -0.2) is 33.2 Å². The molecule has 0 unspecified atom stereocenters. The molecule has 18 heavy (non-hydrogen) atoms. The van der Waals surface area contributed by atoms with Gasteiger partial charge in [-0.15, -0.1) is 12.4 Å². The van der Waals surface area contributed by atoms with Gasteiger partial charge in [-0.2, -0.15) is 0 Å². The third-order valence-corrected chi connectivity index (χ3v) is 2.56. The maximum absolute atomic E-state index is 11.8. The molecule has 1 aromatic carbocycles. The Hall–Kier alpha value is -1.26. The van der Waals surface area contributed by atoms with Crippen LogP contribution in [0.1, 0.15) is 22.3 Å². The van der Waals surface area contributed by atoms with Crippen LogP contribution < -0.4 is 15.4 Å². The molecule has 102 valence electrons. The van der Waals surface area contributed by atoms with Crippen LogP contribution in [-0.2, 0) is 0 Å². The SMILES string of the molecule is CNCCCNC(=O)c1ccc(C)c(OC)c1.Cl. The van der Waals surface area contributed by atoms with Crippen molar-refractivity contribution in [3.05, 3.63) is 29.3 Å². The summed E-state index contributed by atoms with van der Waals surface area (Å²) in [6.45, 7) is 3.53. The number of amides is 1. The van der Waals surface area contributed by atoms with E-state index < -0.39 is 0 Å². The number of hydrogen-bond donors (Lipinski definition) is 2. The van der Waals surface area contributed by atoms with E-state index >= 15 is 0 Å². The van der Waals surface area contributed by atoms with Gasteiger partial charge in [0.2, 0.25) is 0 Å². The molecule has 0 saturated heterocycles. The predicted octanol–water partition coefficient (Wildman–Crippen LogP) is 1.76. The third-order valence-electron chi connectivity index (χ3n) is 2.56. The van der Waals surface area contributed by atoms with E-state index in [2.05, 4.69) is 10.6 Å². The van der Waals surface area contributed by atoms with E-state index in [4.69, 9.17) is 4.74 Å². The van der Waals surface area contributed by atoms with E-state index in [0.29, 0.717) is 12.1 Å². The lowest BCUT2D eigenvalue weighted by Crippen LogP contribution is -2.26. The highest BCUT2D eigenvalue weighted by Crippen LogP contribution is 2.18. The lowest BCUT2D eigenvalue weighted by Gasteiger charge is -2.08. The molecule has 0 aromatic heterocycles. The summed E-state index contributed by atoms with van der Waals surface area (Å²) >= 11 is 0. The number of carbonyl (C=O) groups is 1. The minimum atomic E-state index is -0.0561. The van der Waals surface area contributed by atoms with Crippen molar-refractivity contribution >= 4 is 18.3 Å². The van der Waals surface area contributed by atoms with Crippen LogP contribution in [0.25, 0.3) is 0 Å². The van der Waals surface area contributed by atoms with Crippen LogP contribution >= 0.6 is 12.4 Å². The van der Waals surface area contributed by atoms with Crippen LogP contribution in [0.3, 0.4) is 0 Å². The van der Waals surface area contributed by atoms with Gasteiger partial charge in [0.05, 0.1) is 7.11 Å². The van der Waals surface area contributed by atoms with Crippen molar-refractivity contribution in [2.75, 3.05) is 27.2 Å². The lowest BCUT2D eigenvalue weighted by atomic mass is 10.1. The Morgan fingerprint density at radius 3 is 2.67 bits per heavy atom. The monoisotopic (exact) mass is 272 g/mol. The molecular formula is C13H21ClN2O2. The number of aryl methyl sites for hydroxylation is 1. The number of rotatable bonds is 6. The van der Waals surface area contributed by atoms with Gasteiger partial charge in [0.25, 0.3) is 5.91 Å². The smallest absolute Gasteiger partial charge is 0.251 e. The Balaban J connectivity index is 0.00000289. The molecule has 0 radical (unpaired) electrons. The average Bonchev–Trinajstić information content (AvgIpc) is 2.35. The van der Waals surface area contributed by atoms with Gasteiger partial charge in [-0.3, -0.25) is 4.79 Å². The molecule has 0 fully saturated rings. The second kappa shape index (κ2) is 8.78. The third kappa shape index (κ3) is 4.94. The van der Waals surface area contributed by atoms with Crippen LogP contribution in [0.2, 0.25) is 0 Å². The summed E-state index contributed by atoms with van der Waals surface area (Å²) in [5.41, 5.74) is 1.66. The highest BCUT2D eigenvalue weighted by molar-refractivity contribution is 5.94. The maximum atomic E-state index is 11.8. The fraction of sp³-hybridized carbons (Fsp3) is 0.462. The number of halogens is 1. The van der Waals surface area contributed by atoms with Gasteiger partial charge >= 0.3 is 0 Å². The topological polar surface area (TPSA) is 50.4 Å². The summed E-state index contributed by atoms with van der Waals surface area (Å²) in [5, 5.41) is 5.91. The van der Waals surface area contributed by atoms with Gasteiger partial charge in [-0.25, -0.2) is 0 Å². The fourth-order valence-corrected chi connectivity index (χ4v) is 1.53. The molecule has 4 nitrogen and oxygen atoms in total. The zero-order valence-electron chi connectivity index (χ0n) is 11.1. The zero-order valence-corrected chi connectivity index (χ0v) is 11.9. The molecule has 0 aliphatic heterocycles. The standard InChI is InChI=1S/C13H20N2O2.ClH/c1-10-5-6-11(9-12(10)17-3)13(16)15-8-4-7-14-2;/h5-6,9,14H,4,7-8H2,1-3H3,(H,15,16);1H. The van der Waals surface area contributed by atoms with Gasteiger partial charge in [0.15, 0.2) is 0 Å². The number of ether oxygens (including phenoxy) is 1. The molecule has 1 amide bonds. The van der Waals surface area contributed by atoms with E-state index in [-0.39, 0.29) is 18.3 Å². The second-order valence-electron chi connectivity index (χ2n) is 3.90. The molecule has 1 rings (SSSR count). The number of carbonyl (C=O) groups excluding carboxylic acids is 1. The van der Waals surface area contributed by atoms with Crippen molar-refractivity contribution in [1.82, 2.24) is 10.6 Å². The van der Waals surface area contributed by atoms with E-state index in [1.54, 1.807) is 13.2 Å². The Labute approximate surface area is 115 Å². The Morgan fingerprint density at radius 1 is 1.33 bits per heavy atom. The first-order valence-corrected chi connectivity index (χ1v) is 5.76. The number of hydrogen-bond acceptors (Lipinski definition) is 3. The summed E-state index contributed by atoms with van der Waals surface area (Å²) < 4.78 is 5.19. The highest BCUT2D eigenvalue weighted by Gasteiger charge is 2.07.